The van der Waals surface area contributed by atoms with Gasteiger partial charge in [0.05, 0.1) is 34.2 Å². The number of carbonyl (C=O) groups excluding carboxylic acids is 2. The fourth-order valence-corrected chi connectivity index (χ4v) is 3.11. The number of pyridine rings is 1. The van der Waals surface area contributed by atoms with Crippen LogP contribution in [0.3, 0.4) is 0 Å². The van der Waals surface area contributed by atoms with Gasteiger partial charge in [0.2, 0.25) is 5.43 Å². The molecular weight excluding hydrogens is 383 g/mol. The highest BCUT2D eigenvalue weighted by Crippen LogP contribution is 2.26. The van der Waals surface area contributed by atoms with Gasteiger partial charge in [0, 0.05) is 0 Å². The molecule has 5 nitrogen and oxygen atoms in total. The average Bonchev–Trinajstić information content (AvgIpc) is 2.58. The standard InChI is InChI=1S/C15H11ClF3NO4S/c1-2-24-15(23)9-13(22)7-3-8(17)10(18)11(19)12(7)20-14(9)25-5-6(21)4-16/h3H,2,4-5H2,1H3,(H,20,22). The number of aromatic amines is 1. The van der Waals surface area contributed by atoms with Gasteiger partial charge < -0.3 is 9.72 Å². The van der Waals surface area contributed by atoms with Crippen LogP contribution in [0, 0.1) is 17.5 Å². The smallest absolute Gasteiger partial charge is 0.344 e. The van der Waals surface area contributed by atoms with Crippen molar-refractivity contribution in [1.82, 2.24) is 4.98 Å². The van der Waals surface area contributed by atoms with Crippen molar-refractivity contribution in [2.24, 2.45) is 0 Å². The first kappa shape index (κ1) is 19.3. The summed E-state index contributed by atoms with van der Waals surface area (Å²) in [6.07, 6.45) is 0. The zero-order valence-corrected chi connectivity index (χ0v) is 14.3. The molecule has 2 rings (SSSR count). The molecule has 0 aliphatic heterocycles. The number of rotatable bonds is 6. The van der Waals surface area contributed by atoms with Gasteiger partial charge in [-0.3, -0.25) is 9.59 Å². The summed E-state index contributed by atoms with van der Waals surface area (Å²) >= 11 is 6.09. The zero-order valence-electron chi connectivity index (χ0n) is 12.8. The Labute approximate surface area is 148 Å². The summed E-state index contributed by atoms with van der Waals surface area (Å²) in [5.74, 6) is -6.89. The molecule has 0 radical (unpaired) electrons. The molecule has 0 aliphatic rings. The summed E-state index contributed by atoms with van der Waals surface area (Å²) < 4.78 is 45.6. The number of carbonyl (C=O) groups is 2. The summed E-state index contributed by atoms with van der Waals surface area (Å²) in [4.78, 5) is 38.3. The maximum Gasteiger partial charge on any atom is 0.344 e. The molecular formula is C15H11ClF3NO4S. The Bertz CT molecular complexity index is 916. The number of Topliss-reactive ketones (excluding diaryl/α,β-unsaturated/α-hetero) is 1. The first-order chi connectivity index (χ1) is 11.8. The van der Waals surface area contributed by atoms with Crippen LogP contribution >= 0.6 is 23.4 Å². The van der Waals surface area contributed by atoms with Gasteiger partial charge in [-0.25, -0.2) is 18.0 Å². The minimum atomic E-state index is -1.76. The normalized spacial score (nSPS) is 10.9. The van der Waals surface area contributed by atoms with Crippen LogP contribution in [-0.2, 0) is 9.53 Å². The fourth-order valence-electron chi connectivity index (χ4n) is 2.00. The second kappa shape index (κ2) is 7.92. The van der Waals surface area contributed by atoms with Crippen LogP contribution in [-0.4, -0.2) is 35.0 Å². The molecule has 0 amide bonds. The number of ether oxygens (including phenoxy) is 1. The van der Waals surface area contributed by atoms with Gasteiger partial charge in [0.1, 0.15) is 5.56 Å². The van der Waals surface area contributed by atoms with E-state index in [0.29, 0.717) is 17.8 Å². The van der Waals surface area contributed by atoms with Gasteiger partial charge in [-0.1, -0.05) is 11.8 Å². The Morgan fingerprint density at radius 3 is 2.56 bits per heavy atom. The van der Waals surface area contributed by atoms with Gasteiger partial charge in [0.15, 0.2) is 23.2 Å². The summed E-state index contributed by atoms with van der Waals surface area (Å²) in [6.45, 7) is 1.46. The minimum Gasteiger partial charge on any atom is -0.462 e. The van der Waals surface area contributed by atoms with E-state index in [1.807, 2.05) is 0 Å². The third-order valence-corrected chi connectivity index (χ3v) is 4.46. The molecule has 10 heteroatoms. The van der Waals surface area contributed by atoms with Crippen molar-refractivity contribution in [2.45, 2.75) is 11.9 Å². The monoisotopic (exact) mass is 393 g/mol. The van der Waals surface area contributed by atoms with Gasteiger partial charge in [-0.05, 0) is 13.0 Å². The number of ketones is 1. The lowest BCUT2D eigenvalue weighted by Gasteiger charge is -2.11. The third-order valence-electron chi connectivity index (χ3n) is 3.11. The van der Waals surface area contributed by atoms with Crippen molar-refractivity contribution < 1.29 is 27.5 Å². The second-order valence-electron chi connectivity index (χ2n) is 4.75. The molecule has 1 aromatic carbocycles. The number of nitrogens with one attached hydrogen (secondary N) is 1. The topological polar surface area (TPSA) is 76.2 Å². The molecule has 2 aromatic rings. The SMILES string of the molecule is CCOC(=O)c1c(SCC(=O)CCl)[nH]c2c(F)c(F)c(F)cc2c1=O. The van der Waals surface area contributed by atoms with Crippen LogP contribution in [0.15, 0.2) is 15.9 Å². The Morgan fingerprint density at radius 2 is 1.96 bits per heavy atom. The number of benzene rings is 1. The average molecular weight is 394 g/mol. The quantitative estimate of drug-likeness (QED) is 0.353. The summed E-state index contributed by atoms with van der Waals surface area (Å²) in [6, 6.07) is 0.494. The molecule has 0 bridgehead atoms. The van der Waals surface area contributed by atoms with Crippen LogP contribution in [0.1, 0.15) is 17.3 Å². The van der Waals surface area contributed by atoms with E-state index >= 15 is 0 Å². The lowest BCUT2D eigenvalue weighted by atomic mass is 10.1. The lowest BCUT2D eigenvalue weighted by Crippen LogP contribution is -2.21. The predicted molar refractivity (Wildman–Crippen MR) is 86.9 cm³/mol. The van der Waals surface area contributed by atoms with Crippen molar-refractivity contribution in [1.29, 1.82) is 0 Å². The van der Waals surface area contributed by atoms with E-state index in [9.17, 15) is 27.6 Å². The fraction of sp³-hybridized carbons (Fsp3) is 0.267. The van der Waals surface area contributed by atoms with Gasteiger partial charge in [-0.2, -0.15) is 0 Å². The van der Waals surface area contributed by atoms with E-state index in [2.05, 4.69) is 4.98 Å². The molecule has 1 heterocycles. The number of aromatic nitrogens is 1. The van der Waals surface area contributed by atoms with E-state index in [-0.39, 0.29) is 23.3 Å². The molecule has 0 unspecified atom stereocenters. The van der Waals surface area contributed by atoms with Crippen molar-refractivity contribution >= 4 is 46.0 Å². The first-order valence-electron chi connectivity index (χ1n) is 6.92. The molecule has 0 saturated carbocycles. The van der Waals surface area contributed by atoms with E-state index in [1.54, 1.807) is 0 Å². The van der Waals surface area contributed by atoms with Crippen molar-refractivity contribution in [2.75, 3.05) is 18.2 Å². The van der Waals surface area contributed by atoms with Crippen LogP contribution in [0.2, 0.25) is 0 Å². The first-order valence-corrected chi connectivity index (χ1v) is 8.44. The Hall–Kier alpha value is -2.00. The van der Waals surface area contributed by atoms with Crippen molar-refractivity contribution in [3.8, 4) is 0 Å². The van der Waals surface area contributed by atoms with E-state index < -0.39 is 51.1 Å². The highest BCUT2D eigenvalue weighted by atomic mass is 35.5. The molecule has 0 aliphatic carbocycles. The van der Waals surface area contributed by atoms with E-state index in [0.717, 1.165) is 0 Å². The largest absolute Gasteiger partial charge is 0.462 e. The summed E-state index contributed by atoms with van der Waals surface area (Å²) in [5, 5.41) is -0.744. The predicted octanol–water partition coefficient (Wildman–Crippen LogP) is 3.02. The zero-order chi connectivity index (χ0) is 18.7. The molecule has 0 fully saturated rings. The lowest BCUT2D eigenvalue weighted by molar-refractivity contribution is -0.114. The van der Waals surface area contributed by atoms with E-state index in [4.69, 9.17) is 16.3 Å². The molecule has 1 N–H and O–H groups in total. The van der Waals surface area contributed by atoms with E-state index in [1.165, 1.54) is 6.92 Å². The molecule has 0 saturated heterocycles. The van der Waals surface area contributed by atoms with Gasteiger partial charge >= 0.3 is 5.97 Å². The maximum atomic E-state index is 14.0. The minimum absolute atomic E-state index is 0.0484. The number of H-pyrrole nitrogens is 1. The van der Waals surface area contributed by atoms with Crippen LogP contribution < -0.4 is 5.43 Å². The molecule has 0 spiro atoms. The Kier molecular flexibility index (Phi) is 6.12. The number of alkyl halides is 1. The van der Waals surface area contributed by atoms with Crippen LogP contribution in [0.4, 0.5) is 13.2 Å². The van der Waals surface area contributed by atoms with Gasteiger partial charge in [-0.15, -0.1) is 11.6 Å². The van der Waals surface area contributed by atoms with Crippen LogP contribution in [0.25, 0.3) is 10.9 Å². The second-order valence-corrected chi connectivity index (χ2v) is 6.00. The molecule has 134 valence electrons. The highest BCUT2D eigenvalue weighted by molar-refractivity contribution is 8.00. The number of halogens is 4. The Balaban J connectivity index is 2.74. The number of esters is 1. The van der Waals surface area contributed by atoms with Crippen molar-refractivity contribution in [3.05, 3.63) is 39.3 Å². The Morgan fingerprint density at radius 1 is 1.28 bits per heavy atom. The third kappa shape index (κ3) is 3.82. The number of hydrogen-bond acceptors (Lipinski definition) is 5. The number of hydrogen-bond donors (Lipinski definition) is 1. The number of thioether (sulfide) groups is 1. The van der Waals surface area contributed by atoms with Crippen LogP contribution in [0.5, 0.6) is 0 Å². The molecule has 1 aromatic heterocycles. The highest BCUT2D eigenvalue weighted by Gasteiger charge is 2.25. The summed E-state index contributed by atoms with van der Waals surface area (Å²) in [7, 11) is 0. The molecule has 25 heavy (non-hydrogen) atoms. The molecule has 0 atom stereocenters. The van der Waals surface area contributed by atoms with Gasteiger partial charge in [0.25, 0.3) is 0 Å². The maximum absolute atomic E-state index is 14.0. The summed E-state index contributed by atoms with van der Waals surface area (Å²) in [5.41, 5.74) is -2.17. The van der Waals surface area contributed by atoms with Crippen molar-refractivity contribution in [3.63, 3.8) is 0 Å². The number of fused-ring (bicyclic) bond motifs is 1.